The van der Waals surface area contributed by atoms with Gasteiger partial charge in [-0.25, -0.2) is 0 Å². The highest BCUT2D eigenvalue weighted by molar-refractivity contribution is 9.10. The molecule has 3 aromatic rings. The van der Waals surface area contributed by atoms with Gasteiger partial charge in [-0.1, -0.05) is 22.0 Å². The summed E-state index contributed by atoms with van der Waals surface area (Å²) in [6.45, 7) is 3.20. The molecule has 0 saturated heterocycles. The molecule has 0 radical (unpaired) electrons. The van der Waals surface area contributed by atoms with Crippen molar-refractivity contribution in [3.05, 3.63) is 58.7 Å². The van der Waals surface area contributed by atoms with E-state index in [-0.39, 0.29) is 0 Å². The Morgan fingerprint density at radius 2 is 2.00 bits per heavy atom. The first-order chi connectivity index (χ1) is 13.5. The summed E-state index contributed by atoms with van der Waals surface area (Å²) in [5, 5.41) is 17.5. The molecule has 1 heterocycles. The molecule has 0 amide bonds. The lowest BCUT2D eigenvalue weighted by Crippen LogP contribution is -2.22. The van der Waals surface area contributed by atoms with E-state index in [1.807, 2.05) is 36.4 Å². The number of halogens is 1. The summed E-state index contributed by atoms with van der Waals surface area (Å²) in [5.74, 6) is 0. The van der Waals surface area contributed by atoms with Crippen LogP contribution in [0, 0.1) is 11.3 Å². The predicted octanol–water partition coefficient (Wildman–Crippen LogP) is 5.36. The first-order valence-corrected chi connectivity index (χ1v) is 10.0. The van der Waals surface area contributed by atoms with Gasteiger partial charge >= 0.3 is 0 Å². The molecule has 3 rings (SSSR count). The molecule has 1 atom stereocenters. The van der Waals surface area contributed by atoms with Crippen LogP contribution in [0.3, 0.4) is 0 Å². The van der Waals surface area contributed by atoms with Gasteiger partial charge in [0.1, 0.15) is 6.07 Å². The molecule has 5 nitrogen and oxygen atoms in total. The van der Waals surface area contributed by atoms with Gasteiger partial charge < -0.3 is 15.5 Å². The predicted molar refractivity (Wildman–Crippen MR) is 120 cm³/mol. The van der Waals surface area contributed by atoms with Crippen molar-refractivity contribution in [3.8, 4) is 6.07 Å². The molecule has 0 aliphatic heterocycles. The molecule has 28 heavy (non-hydrogen) atoms. The number of benzene rings is 2. The molecule has 6 heteroatoms. The summed E-state index contributed by atoms with van der Waals surface area (Å²) >= 11 is 3.49. The lowest BCUT2D eigenvalue weighted by molar-refractivity contribution is 0.390. The van der Waals surface area contributed by atoms with E-state index in [4.69, 9.17) is 0 Å². The Kier molecular flexibility index (Phi) is 6.50. The Morgan fingerprint density at radius 3 is 2.71 bits per heavy atom. The number of hydrogen-bond acceptors (Lipinski definition) is 5. The topological polar surface area (TPSA) is 64.0 Å². The van der Waals surface area contributed by atoms with E-state index in [0.717, 1.165) is 45.4 Å². The number of rotatable bonds is 7. The average molecular weight is 438 g/mol. The monoisotopic (exact) mass is 437 g/mol. The molecule has 0 aliphatic rings. The average Bonchev–Trinajstić information content (AvgIpc) is 2.67. The Hall–Kier alpha value is -2.62. The van der Waals surface area contributed by atoms with E-state index >= 15 is 0 Å². The third-order valence-electron chi connectivity index (χ3n) is 4.50. The minimum Gasteiger partial charge on any atom is -0.383 e. The zero-order chi connectivity index (χ0) is 20.1. The van der Waals surface area contributed by atoms with Crippen LogP contribution < -0.4 is 10.6 Å². The summed E-state index contributed by atoms with van der Waals surface area (Å²) in [4.78, 5) is 6.63. The SMILES string of the molecule is CC(CCN(C)C)Nc1ccc2ncc(C#N)c(Nc3cccc(Br)c3)c2c1. The molecule has 0 spiro atoms. The highest BCUT2D eigenvalue weighted by Crippen LogP contribution is 2.31. The Morgan fingerprint density at radius 1 is 1.18 bits per heavy atom. The first-order valence-electron chi connectivity index (χ1n) is 9.23. The van der Waals surface area contributed by atoms with E-state index in [2.05, 4.69) is 69.6 Å². The second kappa shape index (κ2) is 9.05. The summed E-state index contributed by atoms with van der Waals surface area (Å²) in [5.41, 5.74) is 4.08. The van der Waals surface area contributed by atoms with Crippen LogP contribution in [0.15, 0.2) is 53.1 Å². The minimum atomic E-state index is 0.341. The highest BCUT2D eigenvalue weighted by atomic mass is 79.9. The largest absolute Gasteiger partial charge is 0.383 e. The molecule has 0 saturated carbocycles. The molecular weight excluding hydrogens is 414 g/mol. The number of anilines is 3. The van der Waals surface area contributed by atoms with Gasteiger partial charge in [-0.2, -0.15) is 5.26 Å². The van der Waals surface area contributed by atoms with Gasteiger partial charge in [0, 0.05) is 33.5 Å². The van der Waals surface area contributed by atoms with Gasteiger partial charge in [0.15, 0.2) is 0 Å². The maximum Gasteiger partial charge on any atom is 0.103 e. The van der Waals surface area contributed by atoms with Crippen LogP contribution in [0.25, 0.3) is 10.9 Å². The van der Waals surface area contributed by atoms with Gasteiger partial charge in [0.05, 0.1) is 16.8 Å². The minimum absolute atomic E-state index is 0.341. The van der Waals surface area contributed by atoms with Crippen LogP contribution >= 0.6 is 15.9 Å². The van der Waals surface area contributed by atoms with Crippen molar-refractivity contribution >= 4 is 43.9 Å². The summed E-state index contributed by atoms with van der Waals surface area (Å²) < 4.78 is 0.978. The standard InChI is InChI=1S/C22H24BrN5/c1-15(9-10-28(2)3)26-19-7-8-21-20(12-19)22(16(13-24)14-25-21)27-18-6-4-5-17(23)11-18/h4-8,11-12,14-15,26H,9-10H2,1-3H3,(H,25,27). The summed E-state index contributed by atoms with van der Waals surface area (Å²) in [6, 6.07) is 16.6. The molecule has 144 valence electrons. The first kappa shape index (κ1) is 20.1. The van der Waals surface area contributed by atoms with Gasteiger partial charge in [-0.05, 0) is 70.4 Å². The van der Waals surface area contributed by atoms with Crippen molar-refractivity contribution in [3.63, 3.8) is 0 Å². The third kappa shape index (κ3) is 5.00. The van der Waals surface area contributed by atoms with Crippen molar-refractivity contribution in [2.24, 2.45) is 0 Å². The van der Waals surface area contributed by atoms with Crippen LogP contribution in [0.4, 0.5) is 17.1 Å². The Labute approximate surface area is 174 Å². The molecule has 1 unspecified atom stereocenters. The van der Waals surface area contributed by atoms with E-state index in [0.29, 0.717) is 11.6 Å². The zero-order valence-corrected chi connectivity index (χ0v) is 17.9. The fourth-order valence-corrected chi connectivity index (χ4v) is 3.42. The summed E-state index contributed by atoms with van der Waals surface area (Å²) in [7, 11) is 4.16. The van der Waals surface area contributed by atoms with Crippen LogP contribution in [0.1, 0.15) is 18.9 Å². The van der Waals surface area contributed by atoms with E-state index < -0.39 is 0 Å². The van der Waals surface area contributed by atoms with Crippen LogP contribution in [0.5, 0.6) is 0 Å². The van der Waals surface area contributed by atoms with E-state index in [1.165, 1.54) is 0 Å². The number of fused-ring (bicyclic) bond motifs is 1. The number of aromatic nitrogens is 1. The van der Waals surface area contributed by atoms with Crippen molar-refractivity contribution in [1.29, 1.82) is 5.26 Å². The van der Waals surface area contributed by atoms with Crippen molar-refractivity contribution in [2.45, 2.75) is 19.4 Å². The maximum atomic E-state index is 9.59. The fraction of sp³-hybridized carbons (Fsp3) is 0.273. The normalized spacial score (nSPS) is 12.0. The lowest BCUT2D eigenvalue weighted by atomic mass is 10.1. The molecule has 0 bridgehead atoms. The van der Waals surface area contributed by atoms with E-state index in [9.17, 15) is 5.26 Å². The number of nitriles is 1. The highest BCUT2D eigenvalue weighted by Gasteiger charge is 2.11. The lowest BCUT2D eigenvalue weighted by Gasteiger charge is -2.19. The Bertz CT molecular complexity index is 1010. The molecular formula is C22H24BrN5. The summed E-state index contributed by atoms with van der Waals surface area (Å²) in [6.07, 6.45) is 2.67. The fourth-order valence-electron chi connectivity index (χ4n) is 3.02. The van der Waals surface area contributed by atoms with Gasteiger partial charge in [0.2, 0.25) is 0 Å². The van der Waals surface area contributed by atoms with Gasteiger partial charge in [0.25, 0.3) is 0 Å². The number of hydrogen-bond donors (Lipinski definition) is 2. The molecule has 1 aromatic heterocycles. The second-order valence-corrected chi connectivity index (χ2v) is 8.08. The van der Waals surface area contributed by atoms with Crippen molar-refractivity contribution in [1.82, 2.24) is 9.88 Å². The number of nitrogens with zero attached hydrogens (tertiary/aromatic N) is 3. The molecule has 0 aliphatic carbocycles. The van der Waals surface area contributed by atoms with Crippen LogP contribution in [0.2, 0.25) is 0 Å². The van der Waals surface area contributed by atoms with Gasteiger partial charge in [-0.15, -0.1) is 0 Å². The molecule has 0 fully saturated rings. The number of nitrogens with one attached hydrogen (secondary N) is 2. The van der Waals surface area contributed by atoms with Crippen molar-refractivity contribution < 1.29 is 0 Å². The Balaban J connectivity index is 1.95. The van der Waals surface area contributed by atoms with Gasteiger partial charge in [-0.3, -0.25) is 4.98 Å². The smallest absolute Gasteiger partial charge is 0.103 e. The third-order valence-corrected chi connectivity index (χ3v) is 5.00. The number of pyridine rings is 1. The quantitative estimate of drug-likeness (QED) is 0.520. The van der Waals surface area contributed by atoms with E-state index in [1.54, 1.807) is 6.20 Å². The maximum absolute atomic E-state index is 9.59. The molecule has 2 aromatic carbocycles. The van der Waals surface area contributed by atoms with Crippen LogP contribution in [-0.2, 0) is 0 Å². The molecule has 2 N–H and O–H groups in total. The second-order valence-electron chi connectivity index (χ2n) is 7.16. The zero-order valence-electron chi connectivity index (χ0n) is 16.3. The van der Waals surface area contributed by atoms with Crippen molar-refractivity contribution in [2.75, 3.05) is 31.3 Å². The van der Waals surface area contributed by atoms with Crippen LogP contribution in [-0.4, -0.2) is 36.6 Å².